The predicted octanol–water partition coefficient (Wildman–Crippen LogP) is 3.58. The molecule has 0 fully saturated rings. The van der Waals surface area contributed by atoms with Crippen molar-refractivity contribution < 1.29 is 0 Å². The zero-order valence-corrected chi connectivity index (χ0v) is 8.30. The van der Waals surface area contributed by atoms with Crippen LogP contribution in [0.2, 0.25) is 0 Å². The SMILES string of the molecule is CC[C@@H](C)Cc1ccc(C)cc1. The van der Waals surface area contributed by atoms with Crippen molar-refractivity contribution in [2.24, 2.45) is 5.92 Å². The molecule has 1 aromatic rings. The lowest BCUT2D eigenvalue weighted by molar-refractivity contribution is 0.560. The van der Waals surface area contributed by atoms with Crippen LogP contribution in [0.5, 0.6) is 0 Å². The maximum absolute atomic E-state index is 2.31. The molecule has 66 valence electrons. The first-order valence-corrected chi connectivity index (χ1v) is 4.78. The van der Waals surface area contributed by atoms with Crippen molar-refractivity contribution in [2.75, 3.05) is 0 Å². The first kappa shape index (κ1) is 9.31. The summed E-state index contributed by atoms with van der Waals surface area (Å²) in [7, 11) is 0. The Kier molecular flexibility index (Phi) is 3.33. The summed E-state index contributed by atoms with van der Waals surface area (Å²) >= 11 is 0. The van der Waals surface area contributed by atoms with Crippen LogP contribution in [0.4, 0.5) is 0 Å². The highest BCUT2D eigenvalue weighted by molar-refractivity contribution is 5.21. The zero-order chi connectivity index (χ0) is 8.97. The molecule has 0 nitrogen and oxygen atoms in total. The molecule has 1 rings (SSSR count). The third-order valence-corrected chi connectivity index (χ3v) is 2.40. The van der Waals surface area contributed by atoms with Gasteiger partial charge < -0.3 is 0 Å². The average molecular weight is 162 g/mol. The molecule has 0 amide bonds. The Bertz CT molecular complexity index is 220. The average Bonchev–Trinajstić information content (AvgIpc) is 2.09. The Hall–Kier alpha value is -0.780. The minimum atomic E-state index is 0.813. The predicted molar refractivity (Wildman–Crippen MR) is 54.3 cm³/mol. The largest absolute Gasteiger partial charge is 0.0651 e. The molecule has 0 spiro atoms. The lowest BCUT2D eigenvalue weighted by atomic mass is 9.98. The summed E-state index contributed by atoms with van der Waals surface area (Å²) in [4.78, 5) is 0. The van der Waals surface area contributed by atoms with Gasteiger partial charge in [-0.2, -0.15) is 0 Å². The van der Waals surface area contributed by atoms with E-state index >= 15 is 0 Å². The van der Waals surface area contributed by atoms with Gasteiger partial charge in [0.15, 0.2) is 0 Å². The molecule has 0 saturated carbocycles. The highest BCUT2D eigenvalue weighted by Gasteiger charge is 1.99. The molecule has 1 aromatic carbocycles. The van der Waals surface area contributed by atoms with E-state index < -0.39 is 0 Å². The van der Waals surface area contributed by atoms with Gasteiger partial charge in [0.25, 0.3) is 0 Å². The maximum atomic E-state index is 2.31. The van der Waals surface area contributed by atoms with Crippen LogP contribution < -0.4 is 0 Å². The molecule has 1 atom stereocenters. The van der Waals surface area contributed by atoms with E-state index in [2.05, 4.69) is 45.0 Å². The van der Waals surface area contributed by atoms with Crippen molar-refractivity contribution in [2.45, 2.75) is 33.6 Å². The zero-order valence-electron chi connectivity index (χ0n) is 8.30. The van der Waals surface area contributed by atoms with Gasteiger partial charge in [0.2, 0.25) is 0 Å². The van der Waals surface area contributed by atoms with Crippen LogP contribution in [-0.2, 0) is 6.42 Å². The topological polar surface area (TPSA) is 0 Å². The van der Waals surface area contributed by atoms with Gasteiger partial charge in [-0.3, -0.25) is 0 Å². The number of benzene rings is 1. The molecule has 0 saturated heterocycles. The molecule has 0 radical (unpaired) electrons. The molecule has 12 heavy (non-hydrogen) atoms. The van der Waals surface area contributed by atoms with E-state index in [0.717, 1.165) is 5.92 Å². The van der Waals surface area contributed by atoms with E-state index in [1.807, 2.05) is 0 Å². The molecular formula is C12H18. The van der Waals surface area contributed by atoms with Crippen LogP contribution in [0, 0.1) is 12.8 Å². The number of hydrogen-bond donors (Lipinski definition) is 0. The Labute approximate surface area is 75.6 Å². The number of aryl methyl sites for hydroxylation is 1. The van der Waals surface area contributed by atoms with Crippen molar-refractivity contribution in [3.63, 3.8) is 0 Å². The van der Waals surface area contributed by atoms with E-state index in [1.165, 1.54) is 24.0 Å². The summed E-state index contributed by atoms with van der Waals surface area (Å²) in [6.45, 7) is 6.69. The molecule has 0 unspecified atom stereocenters. The Morgan fingerprint density at radius 1 is 1.17 bits per heavy atom. The summed E-state index contributed by atoms with van der Waals surface area (Å²) in [6, 6.07) is 8.86. The van der Waals surface area contributed by atoms with Gasteiger partial charge in [0, 0.05) is 0 Å². The number of hydrogen-bond acceptors (Lipinski definition) is 0. The Morgan fingerprint density at radius 3 is 2.25 bits per heavy atom. The van der Waals surface area contributed by atoms with Gasteiger partial charge in [-0.15, -0.1) is 0 Å². The Balaban J connectivity index is 2.58. The lowest BCUT2D eigenvalue weighted by Crippen LogP contribution is -1.97. The van der Waals surface area contributed by atoms with E-state index in [-0.39, 0.29) is 0 Å². The van der Waals surface area contributed by atoms with Gasteiger partial charge >= 0.3 is 0 Å². The standard InChI is InChI=1S/C12H18/c1-4-10(2)9-12-7-5-11(3)6-8-12/h5-8,10H,4,9H2,1-3H3/t10-/m1/s1. The summed E-state index contributed by atoms with van der Waals surface area (Å²) in [5.41, 5.74) is 2.82. The lowest BCUT2D eigenvalue weighted by Gasteiger charge is -2.07. The maximum Gasteiger partial charge on any atom is -0.0253 e. The number of rotatable bonds is 3. The van der Waals surface area contributed by atoms with Crippen molar-refractivity contribution in [3.8, 4) is 0 Å². The second kappa shape index (κ2) is 4.30. The fourth-order valence-electron chi connectivity index (χ4n) is 1.27. The van der Waals surface area contributed by atoms with E-state index in [1.54, 1.807) is 0 Å². The molecule has 0 heteroatoms. The fourth-order valence-corrected chi connectivity index (χ4v) is 1.27. The molecular weight excluding hydrogens is 144 g/mol. The normalized spacial score (nSPS) is 12.9. The smallest absolute Gasteiger partial charge is 0.0253 e. The Morgan fingerprint density at radius 2 is 1.75 bits per heavy atom. The molecule has 0 N–H and O–H groups in total. The highest BCUT2D eigenvalue weighted by atomic mass is 14.0. The van der Waals surface area contributed by atoms with Crippen LogP contribution in [0.15, 0.2) is 24.3 Å². The second-order valence-corrected chi connectivity index (χ2v) is 3.70. The van der Waals surface area contributed by atoms with Crippen LogP contribution >= 0.6 is 0 Å². The van der Waals surface area contributed by atoms with Crippen LogP contribution in [-0.4, -0.2) is 0 Å². The van der Waals surface area contributed by atoms with Crippen LogP contribution in [0.3, 0.4) is 0 Å². The monoisotopic (exact) mass is 162 g/mol. The van der Waals surface area contributed by atoms with Gasteiger partial charge in [0.05, 0.1) is 0 Å². The summed E-state index contributed by atoms with van der Waals surface area (Å²) in [5.74, 6) is 0.813. The van der Waals surface area contributed by atoms with Crippen molar-refractivity contribution in [1.29, 1.82) is 0 Å². The molecule has 0 heterocycles. The van der Waals surface area contributed by atoms with Gasteiger partial charge in [-0.05, 0) is 24.8 Å². The molecule has 0 aromatic heterocycles. The molecule has 0 bridgehead atoms. The minimum Gasteiger partial charge on any atom is -0.0651 e. The van der Waals surface area contributed by atoms with Gasteiger partial charge in [-0.1, -0.05) is 50.1 Å². The minimum absolute atomic E-state index is 0.813. The summed E-state index contributed by atoms with van der Waals surface area (Å²) in [6.07, 6.45) is 2.49. The first-order chi connectivity index (χ1) is 5.72. The molecule has 0 aliphatic carbocycles. The van der Waals surface area contributed by atoms with Crippen LogP contribution in [0.1, 0.15) is 31.4 Å². The van der Waals surface area contributed by atoms with Crippen LogP contribution in [0.25, 0.3) is 0 Å². The van der Waals surface area contributed by atoms with E-state index in [9.17, 15) is 0 Å². The molecule has 0 aliphatic rings. The molecule has 0 aliphatic heterocycles. The first-order valence-electron chi connectivity index (χ1n) is 4.78. The van der Waals surface area contributed by atoms with E-state index in [0.29, 0.717) is 0 Å². The van der Waals surface area contributed by atoms with E-state index in [4.69, 9.17) is 0 Å². The summed E-state index contributed by atoms with van der Waals surface area (Å²) in [5, 5.41) is 0. The quantitative estimate of drug-likeness (QED) is 0.637. The van der Waals surface area contributed by atoms with Crippen molar-refractivity contribution in [3.05, 3.63) is 35.4 Å². The summed E-state index contributed by atoms with van der Waals surface area (Å²) < 4.78 is 0. The van der Waals surface area contributed by atoms with Crippen molar-refractivity contribution in [1.82, 2.24) is 0 Å². The fraction of sp³-hybridized carbons (Fsp3) is 0.500. The van der Waals surface area contributed by atoms with Gasteiger partial charge in [-0.25, -0.2) is 0 Å². The van der Waals surface area contributed by atoms with Gasteiger partial charge in [0.1, 0.15) is 0 Å². The second-order valence-electron chi connectivity index (χ2n) is 3.70. The van der Waals surface area contributed by atoms with Crippen molar-refractivity contribution >= 4 is 0 Å². The highest BCUT2D eigenvalue weighted by Crippen LogP contribution is 2.11. The third-order valence-electron chi connectivity index (χ3n) is 2.40. The third kappa shape index (κ3) is 2.69.